The van der Waals surface area contributed by atoms with Gasteiger partial charge in [-0.15, -0.1) is 0 Å². The van der Waals surface area contributed by atoms with Crippen molar-refractivity contribution in [2.75, 3.05) is 5.75 Å². The lowest BCUT2D eigenvalue weighted by atomic mass is 10.0. The number of phenolic OH excluding ortho intramolecular Hbond substituents is 1. The van der Waals surface area contributed by atoms with Crippen molar-refractivity contribution in [1.82, 2.24) is 16.0 Å². The number of carbonyl (C=O) groups is 5. The summed E-state index contributed by atoms with van der Waals surface area (Å²) in [5, 5.41) is 26.4. The normalized spacial score (nSPS) is 14.2. The molecule has 0 saturated heterocycles. The molecule has 0 aliphatic heterocycles. The van der Waals surface area contributed by atoms with Gasteiger partial charge in [0, 0.05) is 18.6 Å². The zero-order chi connectivity index (χ0) is 27.4. The number of nitrogens with two attached hydrogens (primary N) is 2. The number of nitrogens with one attached hydrogen (secondary N) is 3. The van der Waals surface area contributed by atoms with Crippen LogP contribution in [-0.4, -0.2) is 69.7 Å². The first kappa shape index (κ1) is 30.7. The predicted octanol–water partition coefficient (Wildman–Crippen LogP) is -0.958. The Balaban J connectivity index is 3.02. The van der Waals surface area contributed by atoms with Crippen molar-refractivity contribution in [3.63, 3.8) is 0 Å². The minimum atomic E-state index is -1.30. The minimum Gasteiger partial charge on any atom is -0.508 e. The molecule has 12 nitrogen and oxygen atoms in total. The highest BCUT2D eigenvalue weighted by Gasteiger charge is 2.31. The number of rotatable bonds is 15. The van der Waals surface area contributed by atoms with Crippen LogP contribution in [0, 0.1) is 5.92 Å². The van der Waals surface area contributed by atoms with Crippen molar-refractivity contribution in [2.45, 2.75) is 63.7 Å². The molecule has 0 bridgehead atoms. The van der Waals surface area contributed by atoms with Crippen molar-refractivity contribution in [3.05, 3.63) is 29.8 Å². The first-order chi connectivity index (χ1) is 16.8. The number of carbonyl (C=O) groups excluding carboxylic acids is 4. The summed E-state index contributed by atoms with van der Waals surface area (Å²) in [7, 11) is 0. The van der Waals surface area contributed by atoms with E-state index in [0.717, 1.165) is 0 Å². The zero-order valence-corrected chi connectivity index (χ0v) is 21.2. The van der Waals surface area contributed by atoms with Crippen LogP contribution >= 0.6 is 12.6 Å². The molecule has 0 aromatic heterocycles. The molecule has 0 aliphatic carbocycles. The molecule has 0 radical (unpaired) electrons. The standard InChI is InChI=1S/C23H35N5O7S/c1-12(2)9-17(22(33)28-18(23(34)35)10-13-3-5-14(29)6-4-13)27-21(32)16(7-8-19(25)30)26-20(31)15(24)11-36/h3-6,12,15-18,29,36H,7-11,24H2,1-2H3,(H2,25,30)(H,26,31)(H,27,32)(H,28,33)(H,34,35). The van der Waals surface area contributed by atoms with Crippen molar-refractivity contribution in [2.24, 2.45) is 17.4 Å². The maximum absolute atomic E-state index is 13.0. The predicted molar refractivity (Wildman–Crippen MR) is 135 cm³/mol. The van der Waals surface area contributed by atoms with E-state index in [2.05, 4.69) is 28.6 Å². The van der Waals surface area contributed by atoms with Gasteiger partial charge in [-0.2, -0.15) is 12.6 Å². The van der Waals surface area contributed by atoms with Crippen LogP contribution in [0.2, 0.25) is 0 Å². The van der Waals surface area contributed by atoms with Gasteiger partial charge < -0.3 is 37.6 Å². The van der Waals surface area contributed by atoms with E-state index in [-0.39, 0.29) is 43.1 Å². The van der Waals surface area contributed by atoms with Crippen LogP contribution < -0.4 is 27.4 Å². The van der Waals surface area contributed by atoms with E-state index < -0.39 is 53.8 Å². The van der Waals surface area contributed by atoms with Gasteiger partial charge >= 0.3 is 5.97 Å². The summed E-state index contributed by atoms with van der Waals surface area (Å²) in [5.74, 6) is -4.13. The van der Waals surface area contributed by atoms with Gasteiger partial charge in [-0.3, -0.25) is 19.2 Å². The van der Waals surface area contributed by atoms with Crippen molar-refractivity contribution in [3.8, 4) is 5.75 Å². The molecule has 36 heavy (non-hydrogen) atoms. The molecule has 4 atom stereocenters. The average molecular weight is 526 g/mol. The van der Waals surface area contributed by atoms with Gasteiger partial charge in [-0.05, 0) is 36.5 Å². The zero-order valence-electron chi connectivity index (χ0n) is 20.3. The number of aliphatic carboxylic acids is 1. The average Bonchev–Trinajstić information content (AvgIpc) is 2.80. The maximum atomic E-state index is 13.0. The molecule has 1 aromatic rings. The summed E-state index contributed by atoms with van der Waals surface area (Å²) in [4.78, 5) is 61.2. The van der Waals surface area contributed by atoms with Gasteiger partial charge in [-0.25, -0.2) is 4.79 Å². The Morgan fingerprint density at radius 2 is 1.44 bits per heavy atom. The summed E-state index contributed by atoms with van der Waals surface area (Å²) < 4.78 is 0. The van der Waals surface area contributed by atoms with Crippen LogP contribution in [0.15, 0.2) is 24.3 Å². The Kier molecular flexibility index (Phi) is 12.7. The molecular formula is C23H35N5O7S. The lowest BCUT2D eigenvalue weighted by Gasteiger charge is -2.26. The molecule has 0 fully saturated rings. The van der Waals surface area contributed by atoms with Gasteiger partial charge in [0.05, 0.1) is 6.04 Å². The van der Waals surface area contributed by atoms with E-state index in [9.17, 15) is 34.2 Å². The highest BCUT2D eigenvalue weighted by atomic mass is 32.1. The van der Waals surface area contributed by atoms with Gasteiger partial charge in [0.15, 0.2) is 0 Å². The third-order valence-corrected chi connectivity index (χ3v) is 5.57. The molecule has 4 amide bonds. The molecule has 0 saturated carbocycles. The van der Waals surface area contributed by atoms with E-state index in [1.54, 1.807) is 0 Å². The minimum absolute atomic E-state index is 0.0164. The van der Waals surface area contributed by atoms with Crippen LogP contribution in [0.4, 0.5) is 0 Å². The third-order valence-electron chi connectivity index (χ3n) is 5.18. The highest BCUT2D eigenvalue weighted by Crippen LogP contribution is 2.12. The number of carboxylic acid groups (broad SMARTS) is 1. The number of amides is 4. The first-order valence-electron chi connectivity index (χ1n) is 11.4. The monoisotopic (exact) mass is 525 g/mol. The fourth-order valence-electron chi connectivity index (χ4n) is 3.23. The number of primary amides is 1. The van der Waals surface area contributed by atoms with Crippen molar-refractivity contribution >= 4 is 42.2 Å². The van der Waals surface area contributed by atoms with E-state index in [4.69, 9.17) is 11.5 Å². The topological polar surface area (TPSA) is 214 Å². The third kappa shape index (κ3) is 11.0. The number of phenols is 1. The Morgan fingerprint density at radius 3 is 1.94 bits per heavy atom. The number of benzene rings is 1. The number of hydrogen-bond donors (Lipinski definition) is 8. The van der Waals surface area contributed by atoms with Crippen LogP contribution in [0.5, 0.6) is 5.75 Å². The smallest absolute Gasteiger partial charge is 0.326 e. The lowest BCUT2D eigenvalue weighted by molar-refractivity contribution is -0.142. The number of aromatic hydroxyl groups is 1. The number of hydrogen-bond acceptors (Lipinski definition) is 8. The number of carboxylic acids is 1. The van der Waals surface area contributed by atoms with Crippen LogP contribution in [-0.2, 0) is 30.4 Å². The summed E-state index contributed by atoms with van der Waals surface area (Å²) in [5.41, 5.74) is 11.4. The van der Waals surface area contributed by atoms with Crippen LogP contribution in [0.1, 0.15) is 38.7 Å². The molecule has 13 heteroatoms. The Morgan fingerprint density at radius 1 is 0.917 bits per heavy atom. The maximum Gasteiger partial charge on any atom is 0.326 e. The highest BCUT2D eigenvalue weighted by molar-refractivity contribution is 7.80. The second-order valence-electron chi connectivity index (χ2n) is 8.82. The van der Waals surface area contributed by atoms with E-state index in [1.165, 1.54) is 24.3 Å². The molecule has 0 aliphatic rings. The van der Waals surface area contributed by atoms with E-state index >= 15 is 0 Å². The largest absolute Gasteiger partial charge is 0.508 e. The molecule has 9 N–H and O–H groups in total. The Bertz CT molecular complexity index is 926. The molecule has 1 rings (SSSR count). The first-order valence-corrected chi connectivity index (χ1v) is 12.0. The van der Waals surface area contributed by atoms with Crippen LogP contribution in [0.25, 0.3) is 0 Å². The molecule has 4 unspecified atom stereocenters. The van der Waals surface area contributed by atoms with Crippen molar-refractivity contribution < 1.29 is 34.2 Å². The lowest BCUT2D eigenvalue weighted by Crippen LogP contribution is -2.57. The SMILES string of the molecule is CC(C)CC(NC(=O)C(CCC(N)=O)NC(=O)C(N)CS)C(=O)NC(Cc1ccc(O)cc1)C(=O)O. The van der Waals surface area contributed by atoms with Crippen molar-refractivity contribution in [1.29, 1.82) is 0 Å². The Labute approximate surface area is 215 Å². The van der Waals surface area contributed by atoms with Gasteiger partial charge in [-0.1, -0.05) is 26.0 Å². The summed E-state index contributed by atoms with van der Waals surface area (Å²) in [6.07, 6.45) is -0.206. The Hall–Kier alpha value is -3.32. The molecule has 200 valence electrons. The van der Waals surface area contributed by atoms with Gasteiger partial charge in [0.2, 0.25) is 23.6 Å². The molecule has 0 spiro atoms. The van der Waals surface area contributed by atoms with Gasteiger partial charge in [0.25, 0.3) is 0 Å². The van der Waals surface area contributed by atoms with E-state index in [0.29, 0.717) is 5.56 Å². The van der Waals surface area contributed by atoms with Crippen LogP contribution in [0.3, 0.4) is 0 Å². The number of thiol groups is 1. The second-order valence-corrected chi connectivity index (χ2v) is 9.18. The van der Waals surface area contributed by atoms with E-state index in [1.807, 2.05) is 13.8 Å². The van der Waals surface area contributed by atoms with Gasteiger partial charge in [0.1, 0.15) is 23.9 Å². The fourth-order valence-corrected chi connectivity index (χ4v) is 3.40. The quantitative estimate of drug-likeness (QED) is 0.133. The molecular weight excluding hydrogens is 490 g/mol. The summed E-state index contributed by atoms with van der Waals surface area (Å²) in [6.45, 7) is 3.63. The molecule has 0 heterocycles. The second kappa shape index (κ2) is 14.9. The summed E-state index contributed by atoms with van der Waals surface area (Å²) >= 11 is 3.95. The summed E-state index contributed by atoms with van der Waals surface area (Å²) in [6, 6.07) is 1.25. The fraction of sp³-hybridized carbons (Fsp3) is 0.522. The molecule has 1 aromatic carbocycles.